The van der Waals surface area contributed by atoms with Crippen LogP contribution in [0.25, 0.3) is 11.3 Å². The van der Waals surface area contributed by atoms with Crippen LogP contribution in [0, 0.1) is 0 Å². The van der Waals surface area contributed by atoms with Crippen LogP contribution in [0.3, 0.4) is 0 Å². The number of hydrogen-bond donors (Lipinski definition) is 1. The van der Waals surface area contributed by atoms with Crippen molar-refractivity contribution in [3.8, 4) is 11.3 Å². The number of carboxylic acids is 1. The van der Waals surface area contributed by atoms with Crippen LogP contribution in [0.5, 0.6) is 0 Å². The molecule has 0 aliphatic heterocycles. The van der Waals surface area contributed by atoms with Crippen LogP contribution in [-0.2, 0) is 18.3 Å². The molecule has 0 aliphatic rings. The number of aryl methyl sites for hydroxylation is 2. The molecule has 0 saturated carbocycles. The molecule has 1 N–H and O–H groups in total. The lowest BCUT2D eigenvalue weighted by atomic mass is 10.1. The van der Waals surface area contributed by atoms with Crippen LogP contribution in [0.2, 0.25) is 0 Å². The number of rotatable bonds is 4. The zero-order valence-corrected chi connectivity index (χ0v) is 11.4. The van der Waals surface area contributed by atoms with Gasteiger partial charge in [-0.1, -0.05) is 0 Å². The van der Waals surface area contributed by atoms with Crippen LogP contribution < -0.4 is 0 Å². The molecule has 0 amide bonds. The molecule has 0 saturated heterocycles. The van der Waals surface area contributed by atoms with E-state index in [9.17, 15) is 4.79 Å². The van der Waals surface area contributed by atoms with Crippen molar-refractivity contribution in [3.05, 3.63) is 34.7 Å². The maximum absolute atomic E-state index is 10.6. The lowest BCUT2D eigenvalue weighted by molar-refractivity contribution is -0.136. The Labute approximate surface area is 113 Å². The Hall–Kier alpha value is -1.69. The van der Waals surface area contributed by atoms with Crippen molar-refractivity contribution in [2.45, 2.75) is 12.8 Å². The van der Waals surface area contributed by atoms with Crippen molar-refractivity contribution < 1.29 is 9.90 Å². The largest absolute Gasteiger partial charge is 0.481 e. The summed E-state index contributed by atoms with van der Waals surface area (Å²) in [7, 11) is 1.84. The van der Waals surface area contributed by atoms with Crippen molar-refractivity contribution in [2.24, 2.45) is 7.05 Å². The molecule has 2 aromatic heterocycles. The molecular weight excluding hydrogens is 298 g/mol. The predicted molar refractivity (Wildman–Crippen MR) is 70.1 cm³/mol. The number of aromatic nitrogens is 3. The van der Waals surface area contributed by atoms with Gasteiger partial charge in [0.05, 0.1) is 22.3 Å². The summed E-state index contributed by atoms with van der Waals surface area (Å²) in [4.78, 5) is 14.6. The molecule has 5 nitrogen and oxygen atoms in total. The summed E-state index contributed by atoms with van der Waals surface area (Å²) in [5, 5.41) is 13.0. The topological polar surface area (TPSA) is 68.0 Å². The summed E-state index contributed by atoms with van der Waals surface area (Å²) in [6, 6.07) is 3.78. The third-order valence-electron chi connectivity index (χ3n) is 2.59. The molecule has 0 aliphatic carbocycles. The molecule has 2 heterocycles. The Morgan fingerprint density at radius 3 is 2.72 bits per heavy atom. The monoisotopic (exact) mass is 309 g/mol. The maximum atomic E-state index is 10.6. The van der Waals surface area contributed by atoms with E-state index in [1.807, 2.05) is 19.2 Å². The van der Waals surface area contributed by atoms with Gasteiger partial charge in [0, 0.05) is 31.4 Å². The molecule has 0 spiro atoms. The Kier molecular flexibility index (Phi) is 3.76. The van der Waals surface area contributed by atoms with Crippen molar-refractivity contribution >= 4 is 21.9 Å². The van der Waals surface area contributed by atoms with E-state index in [2.05, 4.69) is 26.0 Å². The minimum atomic E-state index is -0.821. The van der Waals surface area contributed by atoms with Gasteiger partial charge < -0.3 is 5.11 Å². The molecule has 0 fully saturated rings. The lowest BCUT2D eigenvalue weighted by Gasteiger charge is -2.01. The third-order valence-corrected chi connectivity index (χ3v) is 3.42. The average Bonchev–Trinajstić information content (AvgIpc) is 2.63. The minimum absolute atomic E-state index is 0.0748. The van der Waals surface area contributed by atoms with Crippen molar-refractivity contribution in [3.63, 3.8) is 0 Å². The first-order chi connectivity index (χ1) is 8.59. The summed E-state index contributed by atoms with van der Waals surface area (Å²) in [6.07, 6.45) is 3.91. The van der Waals surface area contributed by atoms with Gasteiger partial charge >= 0.3 is 5.97 Å². The van der Waals surface area contributed by atoms with Crippen molar-refractivity contribution in [1.82, 2.24) is 14.8 Å². The third kappa shape index (κ3) is 2.59. The fourth-order valence-electron chi connectivity index (χ4n) is 1.76. The minimum Gasteiger partial charge on any atom is -0.481 e. The quantitative estimate of drug-likeness (QED) is 0.940. The molecule has 18 heavy (non-hydrogen) atoms. The molecule has 2 aromatic rings. The van der Waals surface area contributed by atoms with Gasteiger partial charge in [0.2, 0.25) is 0 Å². The molecular formula is C12H12BrN3O2. The Balaban J connectivity index is 2.35. The normalized spacial score (nSPS) is 10.6. The van der Waals surface area contributed by atoms with Gasteiger partial charge in [0.25, 0.3) is 0 Å². The number of aliphatic carboxylic acids is 1. The number of hydrogen-bond acceptors (Lipinski definition) is 3. The standard InChI is InChI=1S/C12H12BrN3O2/c1-16-12(8-4-6-14-7-5-8)11(13)9(15-16)2-3-10(17)18/h4-7H,2-3H2,1H3,(H,17,18). The van der Waals surface area contributed by atoms with Crippen LogP contribution in [-0.4, -0.2) is 25.8 Å². The Bertz CT molecular complexity index is 566. The van der Waals surface area contributed by atoms with E-state index in [0.29, 0.717) is 6.42 Å². The van der Waals surface area contributed by atoms with E-state index in [-0.39, 0.29) is 6.42 Å². The van der Waals surface area contributed by atoms with Crippen LogP contribution in [0.1, 0.15) is 12.1 Å². The lowest BCUT2D eigenvalue weighted by Crippen LogP contribution is -1.99. The number of pyridine rings is 1. The summed E-state index contributed by atoms with van der Waals surface area (Å²) in [5.41, 5.74) is 2.68. The van der Waals surface area contributed by atoms with Crippen molar-refractivity contribution in [2.75, 3.05) is 0 Å². The molecule has 0 radical (unpaired) electrons. The number of nitrogens with zero attached hydrogens (tertiary/aromatic N) is 3. The number of halogens is 1. The summed E-state index contributed by atoms with van der Waals surface area (Å²) in [5.74, 6) is -0.821. The molecule has 0 atom stereocenters. The van der Waals surface area contributed by atoms with Gasteiger partial charge in [-0.25, -0.2) is 0 Å². The molecule has 94 valence electrons. The zero-order valence-electron chi connectivity index (χ0n) is 9.80. The highest BCUT2D eigenvalue weighted by atomic mass is 79.9. The van der Waals surface area contributed by atoms with Gasteiger partial charge in [-0.3, -0.25) is 14.5 Å². The van der Waals surface area contributed by atoms with Crippen LogP contribution >= 0.6 is 15.9 Å². The first-order valence-electron chi connectivity index (χ1n) is 5.43. The van der Waals surface area contributed by atoms with E-state index in [1.165, 1.54) is 0 Å². The smallest absolute Gasteiger partial charge is 0.303 e. The molecule has 2 rings (SSSR count). The van der Waals surface area contributed by atoms with E-state index < -0.39 is 5.97 Å². The molecule has 0 aromatic carbocycles. The summed E-state index contributed by atoms with van der Waals surface area (Å²) >= 11 is 3.49. The van der Waals surface area contributed by atoms with E-state index >= 15 is 0 Å². The van der Waals surface area contributed by atoms with Gasteiger partial charge in [-0.05, 0) is 28.1 Å². The number of carboxylic acid groups (broad SMARTS) is 1. The fourth-order valence-corrected chi connectivity index (χ4v) is 2.53. The van der Waals surface area contributed by atoms with Crippen molar-refractivity contribution in [1.29, 1.82) is 0 Å². The maximum Gasteiger partial charge on any atom is 0.303 e. The van der Waals surface area contributed by atoms with Crippen LogP contribution in [0.4, 0.5) is 0 Å². The second kappa shape index (κ2) is 5.30. The SMILES string of the molecule is Cn1nc(CCC(=O)O)c(Br)c1-c1ccncc1. The summed E-state index contributed by atoms with van der Waals surface area (Å²) in [6.45, 7) is 0. The molecule has 0 bridgehead atoms. The second-order valence-electron chi connectivity index (χ2n) is 3.86. The van der Waals surface area contributed by atoms with Crippen LogP contribution in [0.15, 0.2) is 29.0 Å². The fraction of sp³-hybridized carbons (Fsp3) is 0.250. The zero-order chi connectivity index (χ0) is 13.1. The Morgan fingerprint density at radius 1 is 1.44 bits per heavy atom. The second-order valence-corrected chi connectivity index (χ2v) is 4.66. The summed E-state index contributed by atoms with van der Waals surface area (Å²) < 4.78 is 2.59. The highest BCUT2D eigenvalue weighted by Crippen LogP contribution is 2.30. The van der Waals surface area contributed by atoms with Gasteiger partial charge in [0.15, 0.2) is 0 Å². The number of carbonyl (C=O) groups is 1. The van der Waals surface area contributed by atoms with Gasteiger partial charge in [-0.15, -0.1) is 0 Å². The van der Waals surface area contributed by atoms with E-state index in [4.69, 9.17) is 5.11 Å². The molecule has 0 unspecified atom stereocenters. The first-order valence-corrected chi connectivity index (χ1v) is 6.22. The predicted octanol–water partition coefficient (Wildman–Crippen LogP) is 2.26. The van der Waals surface area contributed by atoms with E-state index in [1.54, 1.807) is 17.1 Å². The first kappa shape index (κ1) is 12.8. The van der Waals surface area contributed by atoms with Gasteiger partial charge in [-0.2, -0.15) is 5.10 Å². The highest BCUT2D eigenvalue weighted by molar-refractivity contribution is 9.10. The highest BCUT2D eigenvalue weighted by Gasteiger charge is 2.15. The van der Waals surface area contributed by atoms with E-state index in [0.717, 1.165) is 21.4 Å². The average molecular weight is 310 g/mol. The van der Waals surface area contributed by atoms with Gasteiger partial charge in [0.1, 0.15) is 0 Å². The molecule has 6 heteroatoms. The Morgan fingerprint density at radius 2 is 2.11 bits per heavy atom.